The van der Waals surface area contributed by atoms with Crippen LogP contribution in [0.1, 0.15) is 32.1 Å². The molecule has 13 heavy (non-hydrogen) atoms. The lowest BCUT2D eigenvalue weighted by atomic mass is 9.85. The van der Waals surface area contributed by atoms with Gasteiger partial charge in [0, 0.05) is 0 Å². The number of hydrogen-bond donors (Lipinski definition) is 1. The average Bonchev–Trinajstić information content (AvgIpc) is 2.57. The minimum absolute atomic E-state index is 0.513. The fourth-order valence-corrected chi connectivity index (χ4v) is 2.01. The highest BCUT2D eigenvalue weighted by molar-refractivity contribution is 4.83. The van der Waals surface area contributed by atoms with Gasteiger partial charge in [0.15, 0.2) is 0 Å². The van der Waals surface area contributed by atoms with E-state index in [9.17, 15) is 5.11 Å². The molecule has 1 aliphatic carbocycles. The molecule has 4 nitrogen and oxygen atoms in total. The summed E-state index contributed by atoms with van der Waals surface area (Å²) in [4.78, 5) is 0. The third-order valence-electron chi connectivity index (χ3n) is 2.73. The van der Waals surface area contributed by atoms with E-state index in [2.05, 4.69) is 10.2 Å². The van der Waals surface area contributed by atoms with Crippen LogP contribution in [0.25, 0.3) is 0 Å². The van der Waals surface area contributed by atoms with Gasteiger partial charge in [0.05, 0.1) is 12.1 Å². The van der Waals surface area contributed by atoms with E-state index in [1.165, 1.54) is 6.42 Å². The van der Waals surface area contributed by atoms with Gasteiger partial charge in [-0.05, 0) is 12.8 Å². The van der Waals surface area contributed by atoms with Crippen LogP contribution in [-0.2, 0) is 6.54 Å². The first kappa shape index (κ1) is 8.69. The zero-order valence-corrected chi connectivity index (χ0v) is 7.69. The van der Waals surface area contributed by atoms with E-state index >= 15 is 0 Å². The predicted octanol–water partition coefficient (Wildman–Crippen LogP) is 0.973. The van der Waals surface area contributed by atoms with E-state index in [4.69, 9.17) is 0 Å². The van der Waals surface area contributed by atoms with Crippen molar-refractivity contribution in [3.63, 3.8) is 0 Å². The van der Waals surface area contributed by atoms with Crippen LogP contribution in [0.2, 0.25) is 0 Å². The third kappa shape index (κ3) is 2.06. The summed E-state index contributed by atoms with van der Waals surface area (Å²) in [7, 11) is 0. The molecule has 0 amide bonds. The maximum Gasteiger partial charge on any atom is 0.119 e. The Morgan fingerprint density at radius 3 is 2.38 bits per heavy atom. The first-order valence-corrected chi connectivity index (χ1v) is 4.83. The van der Waals surface area contributed by atoms with Crippen LogP contribution >= 0.6 is 0 Å². The summed E-state index contributed by atoms with van der Waals surface area (Å²) in [5.74, 6) is 0. The molecule has 1 aliphatic rings. The SMILES string of the molecule is OC1(Cn2cnnc2)CCCCC1. The summed E-state index contributed by atoms with van der Waals surface area (Å²) in [5, 5.41) is 17.6. The molecule has 1 fully saturated rings. The van der Waals surface area contributed by atoms with Gasteiger partial charge < -0.3 is 9.67 Å². The summed E-state index contributed by atoms with van der Waals surface area (Å²) < 4.78 is 1.85. The van der Waals surface area contributed by atoms with Crippen molar-refractivity contribution in [1.29, 1.82) is 0 Å². The predicted molar refractivity (Wildman–Crippen MR) is 48.1 cm³/mol. The first-order valence-electron chi connectivity index (χ1n) is 4.83. The quantitative estimate of drug-likeness (QED) is 0.739. The zero-order valence-electron chi connectivity index (χ0n) is 7.69. The Morgan fingerprint density at radius 1 is 1.15 bits per heavy atom. The first-order chi connectivity index (χ1) is 6.29. The summed E-state index contributed by atoms with van der Waals surface area (Å²) in [6, 6.07) is 0. The van der Waals surface area contributed by atoms with E-state index in [-0.39, 0.29) is 0 Å². The highest BCUT2D eigenvalue weighted by Gasteiger charge is 2.29. The second kappa shape index (κ2) is 3.46. The molecular weight excluding hydrogens is 166 g/mol. The molecule has 72 valence electrons. The molecule has 2 rings (SSSR count). The molecule has 1 aromatic heterocycles. The summed E-state index contributed by atoms with van der Waals surface area (Å²) in [6.45, 7) is 0.639. The van der Waals surface area contributed by atoms with Crippen molar-refractivity contribution in [3.05, 3.63) is 12.7 Å². The molecule has 0 aromatic carbocycles. The van der Waals surface area contributed by atoms with Crippen molar-refractivity contribution in [1.82, 2.24) is 14.8 Å². The molecule has 4 heteroatoms. The molecular formula is C9H15N3O. The lowest BCUT2D eigenvalue weighted by Gasteiger charge is -2.31. The molecule has 0 atom stereocenters. The summed E-state index contributed by atoms with van der Waals surface area (Å²) in [5.41, 5.74) is -0.513. The van der Waals surface area contributed by atoms with Gasteiger partial charge in [-0.2, -0.15) is 0 Å². The Morgan fingerprint density at radius 2 is 1.77 bits per heavy atom. The minimum atomic E-state index is -0.513. The maximum atomic E-state index is 10.2. The van der Waals surface area contributed by atoms with Gasteiger partial charge in [-0.1, -0.05) is 19.3 Å². The number of aliphatic hydroxyl groups is 1. The Labute approximate surface area is 77.6 Å². The molecule has 0 aliphatic heterocycles. The van der Waals surface area contributed by atoms with Crippen molar-refractivity contribution < 1.29 is 5.11 Å². The van der Waals surface area contributed by atoms with Crippen LogP contribution in [0.5, 0.6) is 0 Å². The van der Waals surface area contributed by atoms with E-state index in [1.807, 2.05) is 4.57 Å². The van der Waals surface area contributed by atoms with Crippen LogP contribution in [0.15, 0.2) is 12.7 Å². The number of hydrogen-bond acceptors (Lipinski definition) is 3. The Bertz CT molecular complexity index is 252. The molecule has 0 unspecified atom stereocenters. The van der Waals surface area contributed by atoms with E-state index in [0.717, 1.165) is 25.7 Å². The van der Waals surface area contributed by atoms with Gasteiger partial charge in [-0.15, -0.1) is 10.2 Å². The smallest absolute Gasteiger partial charge is 0.119 e. The Kier molecular flexibility index (Phi) is 2.31. The summed E-state index contributed by atoms with van der Waals surface area (Å²) >= 11 is 0. The van der Waals surface area contributed by atoms with Gasteiger partial charge in [0.25, 0.3) is 0 Å². The highest BCUT2D eigenvalue weighted by atomic mass is 16.3. The Balaban J connectivity index is 1.99. The molecule has 0 spiro atoms. The molecule has 1 saturated carbocycles. The van der Waals surface area contributed by atoms with Crippen molar-refractivity contribution in [2.45, 2.75) is 44.2 Å². The minimum Gasteiger partial charge on any atom is -0.388 e. The van der Waals surface area contributed by atoms with Crippen LogP contribution in [0, 0.1) is 0 Å². The second-order valence-corrected chi connectivity index (χ2v) is 3.92. The van der Waals surface area contributed by atoms with Gasteiger partial charge in [-0.25, -0.2) is 0 Å². The number of aromatic nitrogens is 3. The van der Waals surface area contributed by atoms with Gasteiger partial charge in [0.2, 0.25) is 0 Å². The summed E-state index contributed by atoms with van der Waals surface area (Å²) in [6.07, 6.45) is 8.66. The van der Waals surface area contributed by atoms with Crippen LogP contribution in [0.4, 0.5) is 0 Å². The van der Waals surface area contributed by atoms with E-state index in [1.54, 1.807) is 12.7 Å². The molecule has 1 aromatic rings. The Hall–Kier alpha value is -0.900. The van der Waals surface area contributed by atoms with Crippen LogP contribution in [0.3, 0.4) is 0 Å². The van der Waals surface area contributed by atoms with Crippen molar-refractivity contribution >= 4 is 0 Å². The fraction of sp³-hybridized carbons (Fsp3) is 0.778. The van der Waals surface area contributed by atoms with Crippen LogP contribution < -0.4 is 0 Å². The van der Waals surface area contributed by atoms with Crippen LogP contribution in [-0.4, -0.2) is 25.5 Å². The third-order valence-corrected chi connectivity index (χ3v) is 2.73. The topological polar surface area (TPSA) is 50.9 Å². The van der Waals surface area contributed by atoms with Crippen molar-refractivity contribution in [3.8, 4) is 0 Å². The lowest BCUT2D eigenvalue weighted by Crippen LogP contribution is -2.35. The molecule has 0 radical (unpaired) electrons. The second-order valence-electron chi connectivity index (χ2n) is 3.92. The van der Waals surface area contributed by atoms with Gasteiger partial charge in [0.1, 0.15) is 12.7 Å². The van der Waals surface area contributed by atoms with Crippen molar-refractivity contribution in [2.24, 2.45) is 0 Å². The highest BCUT2D eigenvalue weighted by Crippen LogP contribution is 2.29. The molecule has 1 N–H and O–H groups in total. The molecule has 1 heterocycles. The molecule has 0 saturated heterocycles. The number of nitrogens with zero attached hydrogens (tertiary/aromatic N) is 3. The van der Waals surface area contributed by atoms with E-state index < -0.39 is 5.60 Å². The average molecular weight is 181 g/mol. The van der Waals surface area contributed by atoms with Gasteiger partial charge >= 0.3 is 0 Å². The monoisotopic (exact) mass is 181 g/mol. The zero-order chi connectivity index (χ0) is 9.15. The number of rotatable bonds is 2. The maximum absolute atomic E-state index is 10.2. The van der Waals surface area contributed by atoms with Crippen molar-refractivity contribution in [2.75, 3.05) is 0 Å². The van der Waals surface area contributed by atoms with Gasteiger partial charge in [-0.3, -0.25) is 0 Å². The largest absolute Gasteiger partial charge is 0.388 e. The lowest BCUT2D eigenvalue weighted by molar-refractivity contribution is -0.0115. The standard InChI is InChI=1S/C9H15N3O/c13-9(4-2-1-3-5-9)6-12-7-10-11-8-12/h7-8,13H,1-6H2. The normalized spacial score (nSPS) is 21.6. The fourth-order valence-electron chi connectivity index (χ4n) is 2.01. The molecule has 0 bridgehead atoms. The van der Waals surface area contributed by atoms with E-state index in [0.29, 0.717) is 6.54 Å².